The number of aliphatic hydroxyl groups is 1. The van der Waals surface area contributed by atoms with Gasteiger partial charge in [0.2, 0.25) is 0 Å². The number of carbonyl (C=O) groups excluding carboxylic acids is 1. The van der Waals surface area contributed by atoms with Crippen LogP contribution in [0.15, 0.2) is 0 Å². The maximum atomic E-state index is 11.8. The molecule has 1 rings (SSSR count). The van der Waals surface area contributed by atoms with E-state index in [2.05, 4.69) is 31.4 Å². The van der Waals surface area contributed by atoms with Gasteiger partial charge in [-0.2, -0.15) is 0 Å². The van der Waals surface area contributed by atoms with Gasteiger partial charge in [0.05, 0.1) is 0 Å². The third-order valence-corrected chi connectivity index (χ3v) is 4.30. The summed E-state index contributed by atoms with van der Waals surface area (Å²) >= 11 is 0. The molecule has 4 nitrogen and oxygen atoms in total. The molecular formula is C14H28N2O2. The van der Waals surface area contributed by atoms with E-state index in [0.29, 0.717) is 11.8 Å². The van der Waals surface area contributed by atoms with Gasteiger partial charge in [0.1, 0.15) is 0 Å². The van der Waals surface area contributed by atoms with Gasteiger partial charge in [-0.3, -0.25) is 0 Å². The van der Waals surface area contributed by atoms with Crippen molar-refractivity contribution in [3.05, 3.63) is 0 Å². The largest absolute Gasteiger partial charge is 0.396 e. The molecule has 2 atom stereocenters. The van der Waals surface area contributed by atoms with Gasteiger partial charge in [0.15, 0.2) is 0 Å². The fraction of sp³-hybridized carbons (Fsp3) is 0.929. The fourth-order valence-electron chi connectivity index (χ4n) is 2.42. The van der Waals surface area contributed by atoms with Crippen molar-refractivity contribution in [2.24, 2.45) is 11.8 Å². The first-order valence-corrected chi connectivity index (χ1v) is 7.24. The van der Waals surface area contributed by atoms with Crippen LogP contribution in [0.1, 0.15) is 52.9 Å². The molecule has 0 aromatic carbocycles. The number of hydrogen-bond acceptors (Lipinski definition) is 2. The van der Waals surface area contributed by atoms with E-state index in [1.54, 1.807) is 0 Å². The third-order valence-electron chi connectivity index (χ3n) is 4.30. The van der Waals surface area contributed by atoms with Gasteiger partial charge in [0, 0.05) is 18.7 Å². The third kappa shape index (κ3) is 4.84. The first kappa shape index (κ1) is 15.3. The van der Waals surface area contributed by atoms with Crippen LogP contribution in [-0.4, -0.2) is 29.8 Å². The minimum atomic E-state index is -0.0461. The summed E-state index contributed by atoms with van der Waals surface area (Å²) in [5.74, 6) is 0.936. The molecule has 0 bridgehead atoms. The van der Waals surface area contributed by atoms with E-state index in [0.717, 1.165) is 32.1 Å². The Labute approximate surface area is 111 Å². The second kappa shape index (κ2) is 7.62. The van der Waals surface area contributed by atoms with Crippen molar-refractivity contribution >= 4 is 6.03 Å². The molecule has 0 aromatic rings. The predicted molar refractivity (Wildman–Crippen MR) is 73.4 cm³/mol. The van der Waals surface area contributed by atoms with E-state index in [-0.39, 0.29) is 24.7 Å². The predicted octanol–water partition coefficient (Wildman–Crippen LogP) is 2.27. The zero-order chi connectivity index (χ0) is 13.5. The Balaban J connectivity index is 2.24. The summed E-state index contributed by atoms with van der Waals surface area (Å²) in [5, 5.41) is 15.1. The Morgan fingerprint density at radius 2 is 1.89 bits per heavy atom. The van der Waals surface area contributed by atoms with E-state index < -0.39 is 0 Å². The Kier molecular flexibility index (Phi) is 6.47. The smallest absolute Gasteiger partial charge is 0.315 e. The molecule has 0 radical (unpaired) electrons. The quantitative estimate of drug-likeness (QED) is 0.706. The van der Waals surface area contributed by atoms with Gasteiger partial charge in [0.25, 0.3) is 0 Å². The van der Waals surface area contributed by atoms with Crippen molar-refractivity contribution in [3.8, 4) is 0 Å². The molecule has 0 aliphatic heterocycles. The summed E-state index contributed by atoms with van der Waals surface area (Å²) in [5.41, 5.74) is 0. The Bertz CT molecular complexity index is 250. The molecule has 0 saturated heterocycles. The molecule has 106 valence electrons. The second-order valence-electron chi connectivity index (χ2n) is 5.69. The van der Waals surface area contributed by atoms with Gasteiger partial charge < -0.3 is 15.7 Å². The van der Waals surface area contributed by atoms with Gasteiger partial charge in [-0.15, -0.1) is 0 Å². The maximum Gasteiger partial charge on any atom is 0.315 e. The highest BCUT2D eigenvalue weighted by Crippen LogP contribution is 2.23. The van der Waals surface area contributed by atoms with Crippen molar-refractivity contribution in [1.82, 2.24) is 10.6 Å². The SMILES string of the molecule is CCC(C)C(C)NC(=O)NC1CCC(CO)CC1. The lowest BCUT2D eigenvalue weighted by Gasteiger charge is -2.29. The number of urea groups is 1. The van der Waals surface area contributed by atoms with Gasteiger partial charge in [-0.05, 0) is 44.4 Å². The number of amides is 2. The number of hydrogen-bond donors (Lipinski definition) is 3. The molecule has 1 aliphatic carbocycles. The normalized spacial score (nSPS) is 27.3. The number of aliphatic hydroxyl groups excluding tert-OH is 1. The second-order valence-corrected chi connectivity index (χ2v) is 5.69. The van der Waals surface area contributed by atoms with E-state index in [1.807, 2.05) is 0 Å². The molecule has 0 spiro atoms. The van der Waals surface area contributed by atoms with Crippen LogP contribution >= 0.6 is 0 Å². The zero-order valence-corrected chi connectivity index (χ0v) is 11.9. The summed E-state index contributed by atoms with van der Waals surface area (Å²) in [4.78, 5) is 11.8. The van der Waals surface area contributed by atoms with Crippen molar-refractivity contribution < 1.29 is 9.90 Å². The lowest BCUT2D eigenvalue weighted by molar-refractivity contribution is 0.173. The van der Waals surface area contributed by atoms with Crippen LogP contribution in [0.25, 0.3) is 0 Å². The van der Waals surface area contributed by atoms with Crippen molar-refractivity contribution in [2.45, 2.75) is 65.0 Å². The molecule has 4 heteroatoms. The van der Waals surface area contributed by atoms with Gasteiger partial charge in [-0.25, -0.2) is 4.79 Å². The maximum absolute atomic E-state index is 11.8. The number of nitrogens with one attached hydrogen (secondary N) is 2. The summed E-state index contributed by atoms with van der Waals surface area (Å²) in [7, 11) is 0. The molecule has 18 heavy (non-hydrogen) atoms. The summed E-state index contributed by atoms with van der Waals surface area (Å²) in [6, 6.07) is 0.441. The first-order chi connectivity index (χ1) is 8.56. The summed E-state index contributed by atoms with van der Waals surface area (Å²) in [6.45, 7) is 6.62. The molecule has 2 amide bonds. The van der Waals surface area contributed by atoms with Gasteiger partial charge >= 0.3 is 6.03 Å². The highest BCUT2D eigenvalue weighted by atomic mass is 16.3. The highest BCUT2D eigenvalue weighted by Gasteiger charge is 2.22. The molecule has 1 saturated carbocycles. The molecule has 0 aromatic heterocycles. The van der Waals surface area contributed by atoms with Crippen LogP contribution < -0.4 is 10.6 Å². The fourth-order valence-corrected chi connectivity index (χ4v) is 2.42. The standard InChI is InChI=1S/C14H28N2O2/c1-4-10(2)11(3)15-14(18)16-13-7-5-12(9-17)6-8-13/h10-13,17H,4-9H2,1-3H3,(H2,15,16,18). The zero-order valence-electron chi connectivity index (χ0n) is 11.9. The molecule has 2 unspecified atom stereocenters. The van der Waals surface area contributed by atoms with Crippen LogP contribution in [0, 0.1) is 11.8 Å². The minimum Gasteiger partial charge on any atom is -0.396 e. The van der Waals surface area contributed by atoms with Crippen molar-refractivity contribution in [3.63, 3.8) is 0 Å². The molecule has 0 heterocycles. The minimum absolute atomic E-state index is 0.0461. The Hall–Kier alpha value is -0.770. The average Bonchev–Trinajstić information content (AvgIpc) is 2.38. The highest BCUT2D eigenvalue weighted by molar-refractivity contribution is 5.74. The molecule has 1 aliphatic rings. The van der Waals surface area contributed by atoms with Crippen LogP contribution in [0.5, 0.6) is 0 Å². The van der Waals surface area contributed by atoms with E-state index in [1.165, 1.54) is 0 Å². The van der Waals surface area contributed by atoms with Crippen LogP contribution in [0.2, 0.25) is 0 Å². The van der Waals surface area contributed by atoms with Crippen molar-refractivity contribution in [1.29, 1.82) is 0 Å². The first-order valence-electron chi connectivity index (χ1n) is 7.24. The van der Waals surface area contributed by atoms with Gasteiger partial charge in [-0.1, -0.05) is 20.3 Å². The Morgan fingerprint density at radius 3 is 2.39 bits per heavy atom. The average molecular weight is 256 g/mol. The lowest BCUT2D eigenvalue weighted by Crippen LogP contribution is -2.48. The van der Waals surface area contributed by atoms with E-state index >= 15 is 0 Å². The van der Waals surface area contributed by atoms with E-state index in [9.17, 15) is 4.79 Å². The molecular weight excluding hydrogens is 228 g/mol. The lowest BCUT2D eigenvalue weighted by atomic mass is 9.87. The monoisotopic (exact) mass is 256 g/mol. The molecule has 1 fully saturated rings. The Morgan fingerprint density at radius 1 is 1.28 bits per heavy atom. The van der Waals surface area contributed by atoms with Crippen LogP contribution in [-0.2, 0) is 0 Å². The van der Waals surface area contributed by atoms with E-state index in [4.69, 9.17) is 5.11 Å². The van der Waals surface area contributed by atoms with Crippen LogP contribution in [0.4, 0.5) is 4.79 Å². The molecule has 3 N–H and O–H groups in total. The van der Waals surface area contributed by atoms with Crippen molar-refractivity contribution in [2.75, 3.05) is 6.61 Å². The number of carbonyl (C=O) groups is 1. The summed E-state index contributed by atoms with van der Waals surface area (Å²) < 4.78 is 0. The number of rotatable bonds is 5. The van der Waals surface area contributed by atoms with Crippen LogP contribution in [0.3, 0.4) is 0 Å². The summed E-state index contributed by atoms with van der Waals surface area (Å²) in [6.07, 6.45) is 5.07. The topological polar surface area (TPSA) is 61.4 Å².